The lowest BCUT2D eigenvalue weighted by Crippen LogP contribution is -2.39. The Kier molecular flexibility index (Phi) is 1.81. The Balaban J connectivity index is 1.92. The molecule has 1 amide bonds. The van der Waals surface area contributed by atoms with Crippen molar-refractivity contribution < 1.29 is 9.32 Å². The summed E-state index contributed by atoms with van der Waals surface area (Å²) in [7, 11) is 0. The first-order chi connectivity index (χ1) is 5.86. The number of nitrogens with one attached hydrogen (secondary N) is 1. The standard InChI is InChI=1S/C8H10N2O2/c11-8(6-4-9-12-5-6)10-7-2-1-3-7/h4-5,7H,1-3H2,(H,10,11). The van der Waals surface area contributed by atoms with Crippen LogP contribution in [0.5, 0.6) is 0 Å². The van der Waals surface area contributed by atoms with Crippen molar-refractivity contribution in [3.8, 4) is 0 Å². The third kappa shape index (κ3) is 1.32. The minimum Gasteiger partial charge on any atom is -0.364 e. The minimum atomic E-state index is -0.0825. The second-order valence-corrected chi connectivity index (χ2v) is 3.01. The maximum absolute atomic E-state index is 11.3. The number of rotatable bonds is 2. The van der Waals surface area contributed by atoms with Crippen LogP contribution in [0.3, 0.4) is 0 Å². The molecule has 1 aliphatic rings. The zero-order valence-corrected chi connectivity index (χ0v) is 6.62. The van der Waals surface area contributed by atoms with Crippen molar-refractivity contribution in [1.82, 2.24) is 10.5 Å². The highest BCUT2D eigenvalue weighted by Gasteiger charge is 2.20. The van der Waals surface area contributed by atoms with Gasteiger partial charge in [0.1, 0.15) is 6.26 Å². The van der Waals surface area contributed by atoms with Gasteiger partial charge in [0.25, 0.3) is 5.91 Å². The van der Waals surface area contributed by atoms with Crippen LogP contribution in [0.2, 0.25) is 0 Å². The topological polar surface area (TPSA) is 55.1 Å². The summed E-state index contributed by atoms with van der Waals surface area (Å²) in [5, 5.41) is 6.34. The van der Waals surface area contributed by atoms with Crippen molar-refractivity contribution in [3.05, 3.63) is 18.0 Å². The molecule has 1 heterocycles. The number of hydrogen-bond acceptors (Lipinski definition) is 3. The predicted octanol–water partition coefficient (Wildman–Crippen LogP) is 0.957. The van der Waals surface area contributed by atoms with Gasteiger partial charge in [0, 0.05) is 6.04 Å². The molecule has 2 rings (SSSR count). The second kappa shape index (κ2) is 2.97. The molecule has 0 aliphatic heterocycles. The van der Waals surface area contributed by atoms with E-state index in [0.29, 0.717) is 11.6 Å². The number of carbonyl (C=O) groups is 1. The molecule has 0 aromatic carbocycles. The minimum absolute atomic E-state index is 0.0825. The average molecular weight is 166 g/mol. The lowest BCUT2D eigenvalue weighted by atomic mass is 9.93. The van der Waals surface area contributed by atoms with E-state index in [2.05, 4.69) is 15.0 Å². The fourth-order valence-electron chi connectivity index (χ4n) is 1.14. The van der Waals surface area contributed by atoms with E-state index in [0.717, 1.165) is 12.8 Å². The molecule has 1 saturated carbocycles. The number of nitrogens with zero attached hydrogens (tertiary/aromatic N) is 1. The van der Waals surface area contributed by atoms with Crippen LogP contribution in [0.25, 0.3) is 0 Å². The van der Waals surface area contributed by atoms with Crippen LogP contribution >= 0.6 is 0 Å². The zero-order valence-electron chi connectivity index (χ0n) is 6.62. The highest BCUT2D eigenvalue weighted by molar-refractivity contribution is 5.93. The SMILES string of the molecule is O=C(NC1CCC1)c1cnoc1. The first kappa shape index (κ1) is 7.34. The van der Waals surface area contributed by atoms with Crippen LogP contribution in [-0.2, 0) is 0 Å². The van der Waals surface area contributed by atoms with Crippen molar-refractivity contribution >= 4 is 5.91 Å². The molecule has 1 fully saturated rings. The largest absolute Gasteiger partial charge is 0.364 e. The van der Waals surface area contributed by atoms with E-state index in [1.54, 1.807) is 0 Å². The van der Waals surface area contributed by atoms with Crippen molar-refractivity contribution in [3.63, 3.8) is 0 Å². The molecule has 12 heavy (non-hydrogen) atoms. The fourth-order valence-corrected chi connectivity index (χ4v) is 1.14. The molecule has 0 atom stereocenters. The molecule has 4 heteroatoms. The molecule has 0 saturated heterocycles. The molecule has 64 valence electrons. The molecule has 0 radical (unpaired) electrons. The molecular weight excluding hydrogens is 156 g/mol. The Morgan fingerprint density at radius 1 is 1.67 bits per heavy atom. The number of aromatic nitrogens is 1. The Morgan fingerprint density at radius 3 is 3.00 bits per heavy atom. The van der Waals surface area contributed by atoms with E-state index < -0.39 is 0 Å². The molecule has 0 unspecified atom stereocenters. The zero-order chi connectivity index (χ0) is 8.39. The van der Waals surface area contributed by atoms with E-state index >= 15 is 0 Å². The smallest absolute Gasteiger partial charge is 0.256 e. The van der Waals surface area contributed by atoms with Gasteiger partial charge in [-0.3, -0.25) is 4.79 Å². The van der Waals surface area contributed by atoms with Gasteiger partial charge in [-0.25, -0.2) is 0 Å². The first-order valence-corrected chi connectivity index (χ1v) is 4.06. The molecule has 0 spiro atoms. The van der Waals surface area contributed by atoms with Gasteiger partial charge in [-0.15, -0.1) is 0 Å². The number of hydrogen-bond donors (Lipinski definition) is 1. The van der Waals surface area contributed by atoms with E-state index in [9.17, 15) is 4.79 Å². The van der Waals surface area contributed by atoms with Gasteiger partial charge in [-0.1, -0.05) is 5.16 Å². The van der Waals surface area contributed by atoms with Crippen LogP contribution in [0.1, 0.15) is 29.6 Å². The first-order valence-electron chi connectivity index (χ1n) is 4.06. The van der Waals surface area contributed by atoms with Gasteiger partial charge >= 0.3 is 0 Å². The fraction of sp³-hybridized carbons (Fsp3) is 0.500. The normalized spacial score (nSPS) is 17.0. The van der Waals surface area contributed by atoms with E-state index in [1.165, 1.54) is 18.9 Å². The van der Waals surface area contributed by atoms with E-state index in [1.807, 2.05) is 0 Å². The van der Waals surface area contributed by atoms with Crippen molar-refractivity contribution in [2.45, 2.75) is 25.3 Å². The lowest BCUT2D eigenvalue weighted by molar-refractivity contribution is 0.0916. The molecule has 0 bridgehead atoms. The molecular formula is C8H10N2O2. The molecule has 4 nitrogen and oxygen atoms in total. The number of carbonyl (C=O) groups excluding carboxylic acids is 1. The van der Waals surface area contributed by atoms with E-state index in [4.69, 9.17) is 0 Å². The van der Waals surface area contributed by atoms with Crippen LogP contribution in [0.15, 0.2) is 17.0 Å². The van der Waals surface area contributed by atoms with Gasteiger partial charge in [0.2, 0.25) is 0 Å². The summed E-state index contributed by atoms with van der Waals surface area (Å²) >= 11 is 0. The van der Waals surface area contributed by atoms with Crippen molar-refractivity contribution in [2.24, 2.45) is 0 Å². The van der Waals surface area contributed by atoms with Gasteiger partial charge in [0.15, 0.2) is 0 Å². The summed E-state index contributed by atoms with van der Waals surface area (Å²) in [5.74, 6) is -0.0825. The van der Waals surface area contributed by atoms with Gasteiger partial charge < -0.3 is 9.84 Å². The van der Waals surface area contributed by atoms with Gasteiger partial charge in [0.05, 0.1) is 11.8 Å². The van der Waals surface area contributed by atoms with Crippen LogP contribution in [0.4, 0.5) is 0 Å². The Labute approximate surface area is 69.9 Å². The second-order valence-electron chi connectivity index (χ2n) is 3.01. The third-order valence-electron chi connectivity index (χ3n) is 2.13. The Bertz CT molecular complexity index is 265. The highest BCUT2D eigenvalue weighted by atomic mass is 16.5. The molecule has 1 N–H and O–H groups in total. The maximum Gasteiger partial charge on any atom is 0.256 e. The quantitative estimate of drug-likeness (QED) is 0.711. The molecule has 1 aromatic heterocycles. The van der Waals surface area contributed by atoms with Crippen LogP contribution < -0.4 is 5.32 Å². The van der Waals surface area contributed by atoms with Crippen molar-refractivity contribution in [2.75, 3.05) is 0 Å². The third-order valence-corrected chi connectivity index (χ3v) is 2.13. The summed E-state index contributed by atoms with van der Waals surface area (Å²) in [6, 6.07) is 0.368. The van der Waals surface area contributed by atoms with Crippen molar-refractivity contribution in [1.29, 1.82) is 0 Å². The highest BCUT2D eigenvalue weighted by Crippen LogP contribution is 2.18. The van der Waals surface area contributed by atoms with Gasteiger partial charge in [-0.05, 0) is 19.3 Å². The summed E-state index contributed by atoms with van der Waals surface area (Å²) in [6.07, 6.45) is 6.19. The summed E-state index contributed by atoms with van der Waals surface area (Å²) in [4.78, 5) is 11.3. The average Bonchev–Trinajstić information content (AvgIpc) is 2.47. The van der Waals surface area contributed by atoms with Crippen LogP contribution in [0, 0.1) is 0 Å². The lowest BCUT2D eigenvalue weighted by Gasteiger charge is -2.25. The Hall–Kier alpha value is -1.32. The number of amides is 1. The summed E-state index contributed by atoms with van der Waals surface area (Å²) in [5.41, 5.74) is 0.502. The predicted molar refractivity (Wildman–Crippen MR) is 41.6 cm³/mol. The molecule has 1 aliphatic carbocycles. The van der Waals surface area contributed by atoms with Crippen LogP contribution in [-0.4, -0.2) is 17.1 Å². The Morgan fingerprint density at radius 2 is 2.50 bits per heavy atom. The molecule has 1 aromatic rings. The van der Waals surface area contributed by atoms with Gasteiger partial charge in [-0.2, -0.15) is 0 Å². The monoisotopic (exact) mass is 166 g/mol. The summed E-state index contributed by atoms with van der Waals surface area (Å²) < 4.78 is 4.56. The summed E-state index contributed by atoms with van der Waals surface area (Å²) in [6.45, 7) is 0. The maximum atomic E-state index is 11.3. The van der Waals surface area contributed by atoms with E-state index in [-0.39, 0.29) is 5.91 Å².